The van der Waals surface area contributed by atoms with E-state index in [4.69, 9.17) is 4.74 Å². The highest BCUT2D eigenvalue weighted by molar-refractivity contribution is 6.01. The molecule has 6 heteroatoms. The fourth-order valence-corrected chi connectivity index (χ4v) is 4.16. The summed E-state index contributed by atoms with van der Waals surface area (Å²) in [5, 5.41) is 2.99. The lowest BCUT2D eigenvalue weighted by Crippen LogP contribution is -2.36. The molecular weight excluding hydrogens is 407 g/mol. The predicted molar refractivity (Wildman–Crippen MR) is 121 cm³/mol. The highest BCUT2D eigenvalue weighted by atomic mass is 19.1. The van der Waals surface area contributed by atoms with Gasteiger partial charge in [0.25, 0.3) is 0 Å². The summed E-state index contributed by atoms with van der Waals surface area (Å²) in [5.74, 6) is -0.580. The number of anilines is 1. The quantitative estimate of drug-likeness (QED) is 0.606. The number of hydrogen-bond acceptors (Lipinski definition) is 3. The average molecular weight is 432 g/mol. The van der Waals surface area contributed by atoms with Crippen molar-refractivity contribution in [2.45, 2.75) is 18.9 Å². The molecule has 1 heterocycles. The van der Waals surface area contributed by atoms with Crippen molar-refractivity contribution in [1.29, 1.82) is 0 Å². The maximum atomic E-state index is 13.5. The van der Waals surface area contributed by atoms with Crippen LogP contribution in [0.25, 0.3) is 0 Å². The maximum Gasteiger partial charge on any atom is 0.228 e. The Balaban J connectivity index is 1.58. The van der Waals surface area contributed by atoms with Gasteiger partial charge in [-0.25, -0.2) is 4.39 Å². The highest BCUT2D eigenvalue weighted by Crippen LogP contribution is 2.41. The SMILES string of the molecule is COc1ccc([C@@H]2C(C(=O)NCCc3ccccc3)CC(=O)N2c2ccc(F)cc2)cc1. The van der Waals surface area contributed by atoms with E-state index in [0.29, 0.717) is 24.4 Å². The van der Waals surface area contributed by atoms with Crippen molar-refractivity contribution in [2.24, 2.45) is 5.92 Å². The van der Waals surface area contributed by atoms with Gasteiger partial charge in [-0.05, 0) is 53.9 Å². The maximum absolute atomic E-state index is 13.5. The molecule has 32 heavy (non-hydrogen) atoms. The number of benzene rings is 3. The Morgan fingerprint density at radius 2 is 1.72 bits per heavy atom. The molecule has 2 atom stereocenters. The Bertz CT molecular complexity index is 1070. The van der Waals surface area contributed by atoms with E-state index in [9.17, 15) is 14.0 Å². The average Bonchev–Trinajstić information content (AvgIpc) is 3.17. The molecule has 164 valence electrons. The van der Waals surface area contributed by atoms with Gasteiger partial charge >= 0.3 is 0 Å². The van der Waals surface area contributed by atoms with E-state index in [1.165, 1.54) is 12.1 Å². The zero-order chi connectivity index (χ0) is 22.5. The number of nitrogens with one attached hydrogen (secondary N) is 1. The van der Waals surface area contributed by atoms with Gasteiger partial charge in [0, 0.05) is 18.7 Å². The summed E-state index contributed by atoms with van der Waals surface area (Å²) in [6.45, 7) is 0.486. The first kappa shape index (κ1) is 21.6. The predicted octanol–water partition coefficient (Wildman–Crippen LogP) is 4.29. The second-order valence-corrected chi connectivity index (χ2v) is 7.80. The minimum absolute atomic E-state index is 0.0885. The van der Waals surface area contributed by atoms with Crippen LogP contribution in [0, 0.1) is 11.7 Å². The number of halogens is 1. The highest BCUT2D eigenvalue weighted by Gasteiger charge is 2.45. The van der Waals surface area contributed by atoms with Crippen molar-refractivity contribution in [3.05, 3.63) is 95.8 Å². The minimum atomic E-state index is -0.559. The van der Waals surface area contributed by atoms with E-state index < -0.39 is 12.0 Å². The minimum Gasteiger partial charge on any atom is -0.497 e. The molecule has 5 nitrogen and oxygen atoms in total. The Kier molecular flexibility index (Phi) is 6.50. The molecule has 3 aromatic rings. The van der Waals surface area contributed by atoms with E-state index in [1.807, 2.05) is 54.6 Å². The fraction of sp³-hybridized carbons (Fsp3) is 0.231. The standard InChI is InChI=1S/C26H25FN2O3/c1-32-22-13-7-19(8-14-22)25-23(26(31)28-16-15-18-5-3-2-4-6-18)17-24(30)29(25)21-11-9-20(27)10-12-21/h2-14,23,25H,15-17H2,1H3,(H,28,31)/t23?,25-/m1/s1. The van der Waals surface area contributed by atoms with Gasteiger partial charge in [-0.2, -0.15) is 0 Å². The lowest BCUT2D eigenvalue weighted by Gasteiger charge is -2.28. The first-order chi connectivity index (χ1) is 15.6. The molecule has 0 spiro atoms. The van der Waals surface area contributed by atoms with Crippen molar-refractivity contribution < 1.29 is 18.7 Å². The smallest absolute Gasteiger partial charge is 0.228 e. The summed E-state index contributed by atoms with van der Waals surface area (Å²) in [5.41, 5.74) is 2.52. The van der Waals surface area contributed by atoms with Crippen molar-refractivity contribution in [3.8, 4) is 5.75 Å². The monoisotopic (exact) mass is 432 g/mol. The van der Waals surface area contributed by atoms with Crippen molar-refractivity contribution in [1.82, 2.24) is 5.32 Å². The zero-order valence-corrected chi connectivity index (χ0v) is 17.8. The van der Waals surface area contributed by atoms with Crippen LogP contribution in [0.5, 0.6) is 5.75 Å². The Morgan fingerprint density at radius 1 is 1.03 bits per heavy atom. The third-order valence-corrected chi connectivity index (χ3v) is 5.78. The second-order valence-electron chi connectivity index (χ2n) is 7.80. The molecule has 0 aromatic heterocycles. The van der Waals surface area contributed by atoms with Crippen molar-refractivity contribution >= 4 is 17.5 Å². The fourth-order valence-electron chi connectivity index (χ4n) is 4.16. The molecule has 0 aliphatic carbocycles. The Labute approximate surface area is 186 Å². The normalized spacial score (nSPS) is 17.9. The molecule has 0 bridgehead atoms. The first-order valence-electron chi connectivity index (χ1n) is 10.6. The van der Waals surface area contributed by atoms with E-state index >= 15 is 0 Å². The molecule has 1 aliphatic rings. The van der Waals surface area contributed by atoms with E-state index in [-0.39, 0.29) is 24.1 Å². The third kappa shape index (κ3) is 4.64. The number of carbonyl (C=O) groups excluding carboxylic acids is 2. The van der Waals surface area contributed by atoms with Crippen LogP contribution in [0.1, 0.15) is 23.6 Å². The summed E-state index contributed by atoms with van der Waals surface area (Å²) in [4.78, 5) is 27.7. The van der Waals surface area contributed by atoms with Crippen LogP contribution in [0.3, 0.4) is 0 Å². The molecule has 2 amide bonds. The molecule has 0 saturated carbocycles. The van der Waals surface area contributed by atoms with Crippen LogP contribution >= 0.6 is 0 Å². The first-order valence-corrected chi connectivity index (χ1v) is 10.6. The molecule has 0 radical (unpaired) electrons. The van der Waals surface area contributed by atoms with Gasteiger partial charge in [0.1, 0.15) is 11.6 Å². The lowest BCUT2D eigenvalue weighted by atomic mass is 9.92. The molecule has 1 aliphatic heterocycles. The molecular formula is C26H25FN2O3. The van der Waals surface area contributed by atoms with Gasteiger partial charge in [0.05, 0.1) is 19.1 Å². The Morgan fingerprint density at radius 3 is 2.38 bits per heavy atom. The number of hydrogen-bond donors (Lipinski definition) is 1. The van der Waals surface area contributed by atoms with E-state index in [2.05, 4.69) is 5.32 Å². The van der Waals surface area contributed by atoms with Crippen molar-refractivity contribution in [2.75, 3.05) is 18.6 Å². The van der Waals surface area contributed by atoms with Crippen molar-refractivity contribution in [3.63, 3.8) is 0 Å². The summed E-state index contributed by atoms with van der Waals surface area (Å²) < 4.78 is 18.7. The molecule has 1 fully saturated rings. The van der Waals surface area contributed by atoms with Gasteiger partial charge in [-0.15, -0.1) is 0 Å². The topological polar surface area (TPSA) is 58.6 Å². The molecule has 3 aromatic carbocycles. The summed E-state index contributed by atoms with van der Waals surface area (Å²) in [7, 11) is 1.59. The summed E-state index contributed by atoms with van der Waals surface area (Å²) >= 11 is 0. The van der Waals surface area contributed by atoms with Gasteiger partial charge in [-0.3, -0.25) is 9.59 Å². The largest absolute Gasteiger partial charge is 0.497 e. The van der Waals surface area contributed by atoms with Gasteiger partial charge in [0.2, 0.25) is 11.8 Å². The van der Waals surface area contributed by atoms with Crippen LogP contribution in [0.15, 0.2) is 78.9 Å². The summed E-state index contributed by atoms with van der Waals surface area (Å²) in [6.07, 6.45) is 0.799. The van der Waals surface area contributed by atoms with Gasteiger partial charge in [-0.1, -0.05) is 42.5 Å². The van der Waals surface area contributed by atoms with Gasteiger partial charge in [0.15, 0.2) is 0 Å². The third-order valence-electron chi connectivity index (χ3n) is 5.78. The van der Waals surface area contributed by atoms with Crippen LogP contribution < -0.4 is 15.0 Å². The zero-order valence-electron chi connectivity index (χ0n) is 17.8. The molecule has 1 saturated heterocycles. The van der Waals surface area contributed by atoms with Crippen LogP contribution in [-0.4, -0.2) is 25.5 Å². The number of methoxy groups -OCH3 is 1. The number of nitrogens with zero attached hydrogens (tertiary/aromatic N) is 1. The number of ether oxygens (including phenoxy) is 1. The van der Waals surface area contributed by atoms with Gasteiger partial charge < -0.3 is 15.0 Å². The lowest BCUT2D eigenvalue weighted by molar-refractivity contribution is -0.126. The van der Waals surface area contributed by atoms with E-state index in [1.54, 1.807) is 24.1 Å². The van der Waals surface area contributed by atoms with E-state index in [0.717, 1.165) is 11.1 Å². The molecule has 1 unspecified atom stereocenters. The molecule has 4 rings (SSSR count). The van der Waals surface area contributed by atoms with Crippen LogP contribution in [0.2, 0.25) is 0 Å². The molecule has 1 N–H and O–H groups in total. The van der Waals surface area contributed by atoms with Crippen LogP contribution in [-0.2, 0) is 16.0 Å². The number of amides is 2. The second kappa shape index (κ2) is 9.64. The Hall–Kier alpha value is -3.67. The number of carbonyl (C=O) groups is 2. The summed E-state index contributed by atoms with van der Waals surface area (Å²) in [6, 6.07) is 22.6. The van der Waals surface area contributed by atoms with Crippen LogP contribution in [0.4, 0.5) is 10.1 Å². The number of rotatable bonds is 7.